The first-order chi connectivity index (χ1) is 8.65. The molecule has 1 N–H and O–H groups in total. The van der Waals surface area contributed by atoms with Crippen LogP contribution in [0.3, 0.4) is 0 Å². The molecule has 0 heterocycles. The van der Waals surface area contributed by atoms with Crippen molar-refractivity contribution in [2.24, 2.45) is 0 Å². The first kappa shape index (κ1) is 14.1. The molecule has 2 rings (SSSR count). The molecule has 1 aromatic carbocycles. The molecule has 18 heavy (non-hydrogen) atoms. The smallest absolute Gasteiger partial charge is 0.0618 e. The van der Waals surface area contributed by atoms with Gasteiger partial charge >= 0.3 is 0 Å². The highest BCUT2D eigenvalue weighted by molar-refractivity contribution is 9.10. The first-order valence-corrected chi connectivity index (χ1v) is 7.62. The van der Waals surface area contributed by atoms with E-state index in [1.165, 1.54) is 24.8 Å². The van der Waals surface area contributed by atoms with Crippen molar-refractivity contribution < 1.29 is 5.11 Å². The molecule has 98 valence electrons. The molecule has 0 aromatic heterocycles. The quantitative estimate of drug-likeness (QED) is 0.779. The van der Waals surface area contributed by atoms with Crippen LogP contribution in [0.1, 0.15) is 37.7 Å². The molecule has 0 radical (unpaired) electrons. The molecule has 3 heteroatoms. The van der Waals surface area contributed by atoms with Crippen LogP contribution in [0.4, 0.5) is 0 Å². The van der Waals surface area contributed by atoms with Crippen molar-refractivity contribution in [1.82, 2.24) is 0 Å². The van der Waals surface area contributed by atoms with Gasteiger partial charge in [-0.15, -0.1) is 0 Å². The fourth-order valence-electron chi connectivity index (χ4n) is 2.41. The van der Waals surface area contributed by atoms with Gasteiger partial charge in [0.15, 0.2) is 0 Å². The summed E-state index contributed by atoms with van der Waals surface area (Å²) in [5.41, 5.74) is 2.42. The summed E-state index contributed by atoms with van der Waals surface area (Å²) in [7, 11) is 0. The zero-order valence-corrected chi connectivity index (χ0v) is 12.7. The summed E-state index contributed by atoms with van der Waals surface area (Å²) in [6.45, 7) is 0. The second-order valence-corrected chi connectivity index (χ2v) is 6.23. The Labute approximate surface area is 122 Å². The van der Waals surface area contributed by atoms with Gasteiger partial charge in [-0.05, 0) is 49.8 Å². The van der Waals surface area contributed by atoms with Crippen molar-refractivity contribution in [1.29, 1.82) is 0 Å². The Bertz CT molecular complexity index is 442. The summed E-state index contributed by atoms with van der Waals surface area (Å²) < 4.78 is 0.973. The number of hydrogen-bond acceptors (Lipinski definition) is 1. The maximum absolute atomic E-state index is 10.1. The molecular formula is C15H18BrClO. The average Bonchev–Trinajstić information content (AvgIpc) is 2.34. The van der Waals surface area contributed by atoms with Crippen LogP contribution in [0.15, 0.2) is 34.3 Å². The van der Waals surface area contributed by atoms with Gasteiger partial charge in [-0.25, -0.2) is 0 Å². The second-order valence-electron chi connectivity index (χ2n) is 4.91. The summed E-state index contributed by atoms with van der Waals surface area (Å²) in [6.07, 6.45) is 8.24. The van der Waals surface area contributed by atoms with Crippen LogP contribution >= 0.6 is 27.5 Å². The maximum atomic E-state index is 10.1. The molecule has 1 aliphatic carbocycles. The zero-order chi connectivity index (χ0) is 13.0. The highest BCUT2D eigenvalue weighted by Gasteiger charge is 2.12. The number of aliphatic hydroxyl groups excluding tert-OH is 1. The summed E-state index contributed by atoms with van der Waals surface area (Å²) in [4.78, 5) is 0. The lowest BCUT2D eigenvalue weighted by Gasteiger charge is -2.17. The van der Waals surface area contributed by atoms with E-state index in [-0.39, 0.29) is 6.10 Å². The highest BCUT2D eigenvalue weighted by Crippen LogP contribution is 2.26. The molecule has 0 aliphatic heterocycles. The summed E-state index contributed by atoms with van der Waals surface area (Å²) >= 11 is 9.55. The van der Waals surface area contributed by atoms with E-state index in [9.17, 15) is 5.11 Å². The topological polar surface area (TPSA) is 20.2 Å². The second kappa shape index (κ2) is 6.74. The van der Waals surface area contributed by atoms with Crippen molar-refractivity contribution in [3.63, 3.8) is 0 Å². The fraction of sp³-hybridized carbons (Fsp3) is 0.467. The third-order valence-corrected chi connectivity index (χ3v) is 4.20. The van der Waals surface area contributed by atoms with E-state index < -0.39 is 0 Å². The fourth-order valence-corrected chi connectivity index (χ4v) is 3.16. The van der Waals surface area contributed by atoms with Crippen molar-refractivity contribution in [3.8, 4) is 0 Å². The minimum Gasteiger partial charge on any atom is -0.392 e. The Hall–Kier alpha value is -0.310. The summed E-state index contributed by atoms with van der Waals surface area (Å²) in [5.74, 6) is 0. The Balaban J connectivity index is 1.94. The largest absolute Gasteiger partial charge is 0.392 e. The van der Waals surface area contributed by atoms with Gasteiger partial charge in [0.05, 0.1) is 6.10 Å². The molecule has 0 spiro atoms. The summed E-state index contributed by atoms with van der Waals surface area (Å²) in [5, 5.41) is 10.9. The van der Waals surface area contributed by atoms with Gasteiger partial charge in [0.25, 0.3) is 0 Å². The van der Waals surface area contributed by atoms with Crippen LogP contribution < -0.4 is 0 Å². The molecule has 0 bridgehead atoms. The zero-order valence-electron chi connectivity index (χ0n) is 10.3. The van der Waals surface area contributed by atoms with Gasteiger partial charge in [-0.2, -0.15) is 0 Å². The SMILES string of the molecule is OC(CC1=CCCCC1)Cc1ccc(Br)cc1Cl. The van der Waals surface area contributed by atoms with Crippen molar-refractivity contribution in [2.75, 3.05) is 0 Å². The van der Waals surface area contributed by atoms with Crippen molar-refractivity contribution in [2.45, 2.75) is 44.6 Å². The Kier molecular flexibility index (Phi) is 5.28. The van der Waals surface area contributed by atoms with Crippen LogP contribution in [0.25, 0.3) is 0 Å². The lowest BCUT2D eigenvalue weighted by atomic mass is 9.93. The van der Waals surface area contributed by atoms with E-state index in [4.69, 9.17) is 11.6 Å². The van der Waals surface area contributed by atoms with Crippen molar-refractivity contribution >= 4 is 27.5 Å². The van der Waals surface area contributed by atoms with Gasteiger partial charge in [0.1, 0.15) is 0 Å². The molecule has 0 saturated heterocycles. The van der Waals surface area contributed by atoms with Crippen LogP contribution in [0.5, 0.6) is 0 Å². The molecule has 0 amide bonds. The van der Waals surface area contributed by atoms with Gasteiger partial charge < -0.3 is 5.11 Å². The molecule has 0 saturated carbocycles. The predicted molar refractivity (Wildman–Crippen MR) is 80.0 cm³/mol. The standard InChI is InChI=1S/C15H18BrClO/c16-13-7-6-12(15(17)10-13)9-14(18)8-11-4-2-1-3-5-11/h4,6-7,10,14,18H,1-3,5,8-9H2. The van der Waals surface area contributed by atoms with E-state index in [0.29, 0.717) is 6.42 Å². The lowest BCUT2D eigenvalue weighted by molar-refractivity contribution is 0.173. The summed E-state index contributed by atoms with van der Waals surface area (Å²) in [6, 6.07) is 5.82. The van der Waals surface area contributed by atoms with E-state index in [2.05, 4.69) is 22.0 Å². The molecule has 1 atom stereocenters. The van der Waals surface area contributed by atoms with E-state index in [1.807, 2.05) is 18.2 Å². The molecule has 1 unspecified atom stereocenters. The number of allylic oxidation sites excluding steroid dienone is 1. The number of halogens is 2. The number of aliphatic hydroxyl groups is 1. The minimum absolute atomic E-state index is 0.326. The minimum atomic E-state index is -0.326. The number of hydrogen-bond donors (Lipinski definition) is 1. The van der Waals surface area contributed by atoms with Gasteiger partial charge in [-0.1, -0.05) is 45.2 Å². The van der Waals surface area contributed by atoms with E-state index >= 15 is 0 Å². The molecule has 1 aromatic rings. The highest BCUT2D eigenvalue weighted by atomic mass is 79.9. The van der Waals surface area contributed by atoms with Crippen molar-refractivity contribution in [3.05, 3.63) is 44.9 Å². The Morgan fingerprint density at radius 2 is 2.11 bits per heavy atom. The van der Waals surface area contributed by atoms with Crippen LogP contribution in [0, 0.1) is 0 Å². The van der Waals surface area contributed by atoms with Gasteiger partial charge in [0.2, 0.25) is 0 Å². The van der Waals surface area contributed by atoms with Crippen LogP contribution in [-0.2, 0) is 6.42 Å². The number of rotatable bonds is 4. The lowest BCUT2D eigenvalue weighted by Crippen LogP contribution is -2.12. The molecule has 1 aliphatic rings. The predicted octanol–water partition coefficient (Wildman–Crippen LogP) is 4.90. The Morgan fingerprint density at radius 1 is 1.28 bits per heavy atom. The monoisotopic (exact) mass is 328 g/mol. The Morgan fingerprint density at radius 3 is 2.78 bits per heavy atom. The molecular weight excluding hydrogens is 312 g/mol. The third-order valence-electron chi connectivity index (χ3n) is 3.35. The molecule has 0 fully saturated rings. The van der Waals surface area contributed by atoms with Crippen LogP contribution in [0.2, 0.25) is 5.02 Å². The maximum Gasteiger partial charge on any atom is 0.0618 e. The van der Waals surface area contributed by atoms with Crippen LogP contribution in [-0.4, -0.2) is 11.2 Å². The van der Waals surface area contributed by atoms with E-state index in [1.54, 1.807) is 0 Å². The van der Waals surface area contributed by atoms with Gasteiger partial charge in [0, 0.05) is 15.9 Å². The third kappa shape index (κ3) is 4.11. The van der Waals surface area contributed by atoms with E-state index in [0.717, 1.165) is 27.9 Å². The molecule has 1 nitrogen and oxygen atoms in total. The first-order valence-electron chi connectivity index (χ1n) is 6.45. The number of benzene rings is 1. The normalized spacial score (nSPS) is 17.4. The van der Waals surface area contributed by atoms with Gasteiger partial charge in [-0.3, -0.25) is 0 Å². The average molecular weight is 330 g/mol.